The lowest BCUT2D eigenvalue weighted by Crippen LogP contribution is -2.38. The number of aliphatic hydroxyl groups is 1. The lowest BCUT2D eigenvalue weighted by Gasteiger charge is -2.27. The molecule has 0 spiro atoms. The van der Waals surface area contributed by atoms with Gasteiger partial charge < -0.3 is 5.11 Å². The molecule has 2 rings (SSSR count). The molecule has 0 aliphatic heterocycles. The second-order valence-electron chi connectivity index (χ2n) is 5.38. The second-order valence-corrected chi connectivity index (χ2v) is 8.40. The molecule has 1 aliphatic rings. The van der Waals surface area contributed by atoms with Gasteiger partial charge in [-0.1, -0.05) is 19.8 Å². The van der Waals surface area contributed by atoms with Crippen LogP contribution in [-0.2, 0) is 16.6 Å². The number of aryl methyl sites for hydroxylation is 1. The van der Waals surface area contributed by atoms with Crippen LogP contribution < -0.4 is 4.72 Å². The maximum Gasteiger partial charge on any atom is 0.241 e. The zero-order valence-corrected chi connectivity index (χ0v) is 13.0. The molecule has 1 aliphatic carbocycles. The summed E-state index contributed by atoms with van der Waals surface area (Å²) in [6.45, 7) is 3.84. The largest absolute Gasteiger partial charge is 0.391 e. The lowest BCUT2D eigenvalue weighted by atomic mass is 9.88. The first kappa shape index (κ1) is 15.0. The summed E-state index contributed by atoms with van der Waals surface area (Å²) >= 11 is 1.33. The molecule has 0 radical (unpaired) electrons. The van der Waals surface area contributed by atoms with Crippen molar-refractivity contribution in [2.24, 2.45) is 5.92 Å². The van der Waals surface area contributed by atoms with Crippen LogP contribution in [0.1, 0.15) is 42.4 Å². The molecule has 0 amide bonds. The molecular weight excluding hydrogens is 282 g/mol. The minimum atomic E-state index is -3.45. The number of nitrogens with one attached hydrogen (secondary N) is 1. The van der Waals surface area contributed by atoms with Crippen LogP contribution in [0.4, 0.5) is 0 Å². The van der Waals surface area contributed by atoms with E-state index in [2.05, 4.69) is 11.6 Å². The highest BCUT2D eigenvalue weighted by Crippen LogP contribution is 2.28. The van der Waals surface area contributed by atoms with Gasteiger partial charge in [-0.15, -0.1) is 11.3 Å². The lowest BCUT2D eigenvalue weighted by molar-refractivity contribution is 0.285. The minimum absolute atomic E-state index is 0.0469. The van der Waals surface area contributed by atoms with E-state index in [0.29, 0.717) is 15.7 Å². The molecule has 1 aromatic heterocycles. The Bertz CT molecular complexity index is 536. The van der Waals surface area contributed by atoms with Crippen LogP contribution >= 0.6 is 11.3 Å². The number of thiophene rings is 1. The molecule has 1 fully saturated rings. The number of hydrogen-bond donors (Lipinski definition) is 2. The monoisotopic (exact) mass is 303 g/mol. The Morgan fingerprint density at radius 1 is 1.47 bits per heavy atom. The van der Waals surface area contributed by atoms with Gasteiger partial charge in [-0.25, -0.2) is 13.1 Å². The van der Waals surface area contributed by atoms with Gasteiger partial charge in [-0.2, -0.15) is 0 Å². The van der Waals surface area contributed by atoms with E-state index in [4.69, 9.17) is 5.11 Å². The molecule has 0 saturated heterocycles. The molecule has 1 heterocycles. The van der Waals surface area contributed by atoms with Gasteiger partial charge in [0.25, 0.3) is 0 Å². The van der Waals surface area contributed by atoms with Crippen LogP contribution in [0.3, 0.4) is 0 Å². The first-order valence-electron chi connectivity index (χ1n) is 6.65. The van der Waals surface area contributed by atoms with Crippen LogP contribution in [0, 0.1) is 12.8 Å². The molecule has 2 N–H and O–H groups in total. The molecule has 0 bridgehead atoms. The van der Waals surface area contributed by atoms with E-state index in [-0.39, 0.29) is 12.6 Å². The van der Waals surface area contributed by atoms with Crippen molar-refractivity contribution in [1.29, 1.82) is 0 Å². The Morgan fingerprint density at radius 3 is 2.79 bits per heavy atom. The summed E-state index contributed by atoms with van der Waals surface area (Å²) in [5.74, 6) is 0.582. The van der Waals surface area contributed by atoms with E-state index >= 15 is 0 Å². The number of hydrogen-bond acceptors (Lipinski definition) is 4. The van der Waals surface area contributed by atoms with E-state index in [1.165, 1.54) is 17.8 Å². The Balaban J connectivity index is 2.15. The molecule has 6 heteroatoms. The predicted octanol–water partition coefficient (Wildman–Crippen LogP) is 2.41. The van der Waals surface area contributed by atoms with Crippen molar-refractivity contribution in [3.05, 3.63) is 15.8 Å². The van der Waals surface area contributed by atoms with E-state index < -0.39 is 10.0 Å². The molecule has 1 saturated carbocycles. The van der Waals surface area contributed by atoms with Crippen LogP contribution in [0.2, 0.25) is 0 Å². The van der Waals surface area contributed by atoms with Gasteiger partial charge >= 0.3 is 0 Å². The van der Waals surface area contributed by atoms with E-state index in [1.54, 1.807) is 13.0 Å². The van der Waals surface area contributed by atoms with Crippen LogP contribution in [0.5, 0.6) is 0 Å². The van der Waals surface area contributed by atoms with Crippen molar-refractivity contribution in [1.82, 2.24) is 4.72 Å². The fraction of sp³-hybridized carbons (Fsp3) is 0.692. The van der Waals surface area contributed by atoms with E-state index in [1.807, 2.05) is 0 Å². The summed E-state index contributed by atoms with van der Waals surface area (Å²) in [7, 11) is -3.45. The molecule has 2 atom stereocenters. The summed E-state index contributed by atoms with van der Waals surface area (Å²) in [5, 5.41) is 9.09. The third-order valence-corrected chi connectivity index (χ3v) is 6.44. The van der Waals surface area contributed by atoms with E-state index in [0.717, 1.165) is 24.1 Å². The van der Waals surface area contributed by atoms with Gasteiger partial charge in [0.15, 0.2) is 0 Å². The standard InChI is InChI=1S/C13H21NO3S2/c1-9-4-3-5-11(6-9)14-19(16,17)13-7-12(8-15)18-10(13)2/h7,9,11,14-15H,3-6,8H2,1-2H3. The number of aliphatic hydroxyl groups excluding tert-OH is 1. The van der Waals surface area contributed by atoms with Crippen molar-refractivity contribution >= 4 is 21.4 Å². The predicted molar refractivity (Wildman–Crippen MR) is 76.7 cm³/mol. The highest BCUT2D eigenvalue weighted by molar-refractivity contribution is 7.89. The highest BCUT2D eigenvalue weighted by atomic mass is 32.2. The normalized spacial score (nSPS) is 24.6. The molecule has 19 heavy (non-hydrogen) atoms. The Labute approximate surface area is 118 Å². The van der Waals surface area contributed by atoms with Crippen LogP contribution in [0.15, 0.2) is 11.0 Å². The van der Waals surface area contributed by atoms with Crippen molar-refractivity contribution in [2.45, 2.75) is 57.1 Å². The smallest absolute Gasteiger partial charge is 0.241 e. The second kappa shape index (κ2) is 5.91. The number of sulfonamides is 1. The first-order chi connectivity index (χ1) is 8.92. The van der Waals surface area contributed by atoms with Gasteiger partial charge in [-0.3, -0.25) is 0 Å². The number of rotatable bonds is 4. The molecule has 0 aromatic carbocycles. The molecule has 1 aromatic rings. The zero-order valence-electron chi connectivity index (χ0n) is 11.3. The molecule has 2 unspecified atom stereocenters. The quantitative estimate of drug-likeness (QED) is 0.897. The van der Waals surface area contributed by atoms with Gasteiger partial charge in [0.2, 0.25) is 10.0 Å². The van der Waals surface area contributed by atoms with Crippen molar-refractivity contribution in [3.8, 4) is 0 Å². The summed E-state index contributed by atoms with van der Waals surface area (Å²) in [4.78, 5) is 1.75. The summed E-state index contributed by atoms with van der Waals surface area (Å²) in [6, 6.07) is 1.62. The SMILES string of the molecule is Cc1sc(CO)cc1S(=O)(=O)NC1CCCC(C)C1. The molecular formula is C13H21NO3S2. The average molecular weight is 303 g/mol. The van der Waals surface area contributed by atoms with Crippen molar-refractivity contribution in [2.75, 3.05) is 0 Å². The van der Waals surface area contributed by atoms with E-state index in [9.17, 15) is 8.42 Å². The summed E-state index contributed by atoms with van der Waals surface area (Å²) < 4.78 is 27.6. The third-order valence-electron chi connectivity index (χ3n) is 3.63. The Morgan fingerprint density at radius 2 is 2.21 bits per heavy atom. The van der Waals surface area contributed by atoms with Crippen LogP contribution in [-0.4, -0.2) is 19.6 Å². The summed E-state index contributed by atoms with van der Waals surface area (Å²) in [5.41, 5.74) is 0. The van der Waals surface area contributed by atoms with Gasteiger partial charge in [-0.05, 0) is 31.7 Å². The summed E-state index contributed by atoms with van der Waals surface area (Å²) in [6.07, 6.45) is 4.10. The van der Waals surface area contributed by atoms with Gasteiger partial charge in [0, 0.05) is 15.8 Å². The topological polar surface area (TPSA) is 66.4 Å². The minimum Gasteiger partial charge on any atom is -0.391 e. The van der Waals surface area contributed by atoms with Crippen molar-refractivity contribution in [3.63, 3.8) is 0 Å². The molecule has 108 valence electrons. The fourth-order valence-corrected chi connectivity index (χ4v) is 5.47. The maximum atomic E-state index is 12.4. The Hall–Kier alpha value is -0.430. The van der Waals surface area contributed by atoms with Gasteiger partial charge in [0.05, 0.1) is 11.5 Å². The maximum absolute atomic E-state index is 12.4. The third kappa shape index (κ3) is 3.56. The average Bonchev–Trinajstić information content (AvgIpc) is 2.71. The first-order valence-corrected chi connectivity index (χ1v) is 8.95. The van der Waals surface area contributed by atoms with Crippen molar-refractivity contribution < 1.29 is 13.5 Å². The molecule has 4 nitrogen and oxygen atoms in total. The Kier molecular flexibility index (Phi) is 4.66. The van der Waals surface area contributed by atoms with Gasteiger partial charge in [0.1, 0.15) is 0 Å². The fourth-order valence-electron chi connectivity index (χ4n) is 2.69. The highest BCUT2D eigenvalue weighted by Gasteiger charge is 2.26. The zero-order chi connectivity index (χ0) is 14.0. The van der Waals surface area contributed by atoms with Crippen LogP contribution in [0.25, 0.3) is 0 Å².